The van der Waals surface area contributed by atoms with E-state index in [1.807, 2.05) is 24.3 Å². The first-order valence-electron chi connectivity index (χ1n) is 2.87. The van der Waals surface area contributed by atoms with Gasteiger partial charge in [-0.3, -0.25) is 0 Å². The van der Waals surface area contributed by atoms with Gasteiger partial charge in [0.15, 0.2) is 0 Å². The molecule has 0 atom stereocenters. The number of hydrogen-bond acceptors (Lipinski definition) is 3. The molecule has 0 saturated carbocycles. The standard InChI is InChI=1S/C6H5N3S.Zn/c10-9-6-4-2-1-3-5(6)7-8-9;/h1-4,10H;. The van der Waals surface area contributed by atoms with Crippen LogP contribution >= 0.6 is 12.8 Å². The van der Waals surface area contributed by atoms with Gasteiger partial charge in [0.2, 0.25) is 0 Å². The molecule has 2 aromatic rings. The van der Waals surface area contributed by atoms with Crippen LogP contribution in [0.4, 0.5) is 0 Å². The van der Waals surface area contributed by atoms with Gasteiger partial charge in [0.05, 0.1) is 0 Å². The molecule has 0 saturated heterocycles. The molecule has 3 nitrogen and oxygen atoms in total. The molecular formula is C6H5N3SZn. The normalized spacial score (nSPS) is 9.55. The van der Waals surface area contributed by atoms with E-state index in [0.29, 0.717) is 0 Å². The molecule has 0 unspecified atom stereocenters. The molecule has 0 amide bonds. The van der Waals surface area contributed by atoms with Crippen LogP contribution in [0, 0.1) is 0 Å². The first-order valence-corrected chi connectivity index (χ1v) is 3.27. The SMILES string of the molecule is Sn1nnc2ccccc21.[Zn]. The fourth-order valence-electron chi connectivity index (χ4n) is 0.857. The summed E-state index contributed by atoms with van der Waals surface area (Å²) in [7, 11) is 0. The maximum atomic E-state index is 4.04. The van der Waals surface area contributed by atoms with Crippen molar-refractivity contribution in [1.29, 1.82) is 0 Å². The predicted molar refractivity (Wildman–Crippen MR) is 41.9 cm³/mol. The Labute approximate surface area is 82.1 Å². The second-order valence-electron chi connectivity index (χ2n) is 1.97. The molecule has 0 aliphatic carbocycles. The Balaban J connectivity index is 0.000000605. The molecular weight excluding hydrogens is 212 g/mol. The van der Waals surface area contributed by atoms with Gasteiger partial charge in [-0.05, 0) is 24.9 Å². The average Bonchev–Trinajstić information content (AvgIpc) is 2.34. The largest absolute Gasteiger partial charge is 0.189 e. The van der Waals surface area contributed by atoms with Crippen molar-refractivity contribution in [3.8, 4) is 0 Å². The summed E-state index contributed by atoms with van der Waals surface area (Å²) in [5, 5.41) is 7.58. The molecule has 1 aromatic carbocycles. The van der Waals surface area contributed by atoms with Gasteiger partial charge in [-0.1, -0.05) is 17.3 Å². The van der Waals surface area contributed by atoms with Crippen molar-refractivity contribution >= 4 is 23.8 Å². The molecule has 1 aromatic heterocycles. The summed E-state index contributed by atoms with van der Waals surface area (Å²) in [4.78, 5) is 0. The van der Waals surface area contributed by atoms with Gasteiger partial charge in [0.1, 0.15) is 11.0 Å². The van der Waals surface area contributed by atoms with Crippen LogP contribution in [0.1, 0.15) is 0 Å². The zero-order valence-electron chi connectivity index (χ0n) is 5.81. The summed E-state index contributed by atoms with van der Waals surface area (Å²) in [5.41, 5.74) is 1.81. The van der Waals surface area contributed by atoms with E-state index in [-0.39, 0.29) is 19.5 Å². The summed E-state index contributed by atoms with van der Waals surface area (Å²) < 4.78 is 1.45. The maximum absolute atomic E-state index is 4.04. The van der Waals surface area contributed by atoms with Crippen LogP contribution in [0.5, 0.6) is 0 Å². The van der Waals surface area contributed by atoms with Crippen LogP contribution < -0.4 is 0 Å². The van der Waals surface area contributed by atoms with Crippen LogP contribution in [0.15, 0.2) is 24.3 Å². The fourth-order valence-corrected chi connectivity index (χ4v) is 1.07. The van der Waals surface area contributed by atoms with Gasteiger partial charge in [0.25, 0.3) is 0 Å². The van der Waals surface area contributed by atoms with E-state index in [0.717, 1.165) is 11.0 Å². The van der Waals surface area contributed by atoms with E-state index in [2.05, 4.69) is 23.1 Å². The van der Waals surface area contributed by atoms with Crippen LogP contribution in [0.3, 0.4) is 0 Å². The Kier molecular flexibility index (Phi) is 2.63. The van der Waals surface area contributed by atoms with Crippen molar-refractivity contribution in [1.82, 2.24) is 14.4 Å². The molecule has 0 fully saturated rings. The zero-order chi connectivity index (χ0) is 6.97. The summed E-state index contributed by atoms with van der Waals surface area (Å²) in [6, 6.07) is 7.67. The average molecular weight is 217 g/mol. The van der Waals surface area contributed by atoms with Gasteiger partial charge in [-0.25, -0.2) is 0 Å². The summed E-state index contributed by atoms with van der Waals surface area (Å²) in [6.07, 6.45) is 0. The number of hydrogen-bond donors (Lipinski definition) is 1. The van der Waals surface area contributed by atoms with Gasteiger partial charge in [-0.15, -0.1) is 5.10 Å². The van der Waals surface area contributed by atoms with E-state index in [1.54, 1.807) is 0 Å². The summed E-state index contributed by atoms with van der Waals surface area (Å²) in [5.74, 6) is 0. The molecule has 1 heterocycles. The van der Waals surface area contributed by atoms with Crippen molar-refractivity contribution in [2.45, 2.75) is 0 Å². The number of fused-ring (bicyclic) bond motifs is 1. The van der Waals surface area contributed by atoms with Gasteiger partial charge in [-0.2, -0.15) is 4.09 Å². The Morgan fingerprint density at radius 2 is 2.00 bits per heavy atom. The second-order valence-corrected chi connectivity index (χ2v) is 2.35. The molecule has 0 radical (unpaired) electrons. The van der Waals surface area contributed by atoms with Crippen LogP contribution in [0.2, 0.25) is 0 Å². The van der Waals surface area contributed by atoms with Gasteiger partial charge < -0.3 is 0 Å². The van der Waals surface area contributed by atoms with Crippen molar-refractivity contribution in [2.24, 2.45) is 0 Å². The Morgan fingerprint density at radius 1 is 1.27 bits per heavy atom. The molecule has 5 heteroatoms. The molecule has 0 aliphatic heterocycles. The summed E-state index contributed by atoms with van der Waals surface area (Å²) >= 11 is 4.04. The first-order chi connectivity index (χ1) is 4.88. The van der Waals surface area contributed by atoms with Crippen LogP contribution in [-0.2, 0) is 19.5 Å². The van der Waals surface area contributed by atoms with Gasteiger partial charge in [0, 0.05) is 19.5 Å². The monoisotopic (exact) mass is 215 g/mol. The minimum absolute atomic E-state index is 0. The number of aromatic nitrogens is 3. The Morgan fingerprint density at radius 3 is 2.73 bits per heavy atom. The molecule has 0 bridgehead atoms. The smallest absolute Gasteiger partial charge is 0.114 e. The molecule has 52 valence electrons. The third kappa shape index (κ3) is 1.44. The van der Waals surface area contributed by atoms with E-state index in [9.17, 15) is 0 Å². The van der Waals surface area contributed by atoms with Gasteiger partial charge >= 0.3 is 0 Å². The third-order valence-electron chi connectivity index (χ3n) is 1.33. The maximum Gasteiger partial charge on any atom is 0.114 e. The van der Waals surface area contributed by atoms with Crippen LogP contribution in [-0.4, -0.2) is 14.4 Å². The number of para-hydroxylation sites is 1. The quantitative estimate of drug-likeness (QED) is 0.529. The number of thiol groups is 1. The molecule has 11 heavy (non-hydrogen) atoms. The topological polar surface area (TPSA) is 30.7 Å². The Bertz CT molecular complexity index is 359. The first kappa shape index (κ1) is 8.69. The molecule has 2 rings (SSSR count). The molecule has 0 spiro atoms. The molecule has 0 aliphatic rings. The van der Waals surface area contributed by atoms with E-state index in [4.69, 9.17) is 0 Å². The Hall–Kier alpha value is -0.407. The second kappa shape index (κ2) is 3.33. The predicted octanol–water partition coefficient (Wildman–Crippen LogP) is 1.12. The van der Waals surface area contributed by atoms with Crippen molar-refractivity contribution in [3.05, 3.63) is 24.3 Å². The van der Waals surface area contributed by atoms with E-state index >= 15 is 0 Å². The summed E-state index contributed by atoms with van der Waals surface area (Å²) in [6.45, 7) is 0. The third-order valence-corrected chi connectivity index (χ3v) is 1.63. The fraction of sp³-hybridized carbons (Fsp3) is 0. The van der Waals surface area contributed by atoms with Crippen molar-refractivity contribution < 1.29 is 19.5 Å². The van der Waals surface area contributed by atoms with Crippen LogP contribution in [0.25, 0.3) is 11.0 Å². The van der Waals surface area contributed by atoms with E-state index < -0.39 is 0 Å². The molecule has 0 N–H and O–H groups in total. The number of benzene rings is 1. The minimum Gasteiger partial charge on any atom is -0.189 e. The zero-order valence-corrected chi connectivity index (χ0v) is 9.67. The van der Waals surface area contributed by atoms with Crippen molar-refractivity contribution in [3.63, 3.8) is 0 Å². The minimum atomic E-state index is 0. The number of rotatable bonds is 0. The van der Waals surface area contributed by atoms with Crippen molar-refractivity contribution in [2.75, 3.05) is 0 Å². The number of nitrogens with zero attached hydrogens (tertiary/aromatic N) is 3. The van der Waals surface area contributed by atoms with E-state index in [1.165, 1.54) is 4.09 Å².